The number of carbonyl (C=O) groups excluding carboxylic acids is 2. The van der Waals surface area contributed by atoms with Crippen molar-refractivity contribution in [3.8, 4) is 5.75 Å². The first-order valence-electron chi connectivity index (χ1n) is 9.23. The van der Waals surface area contributed by atoms with Gasteiger partial charge in [0.15, 0.2) is 6.54 Å². The van der Waals surface area contributed by atoms with Crippen LogP contribution in [0, 0.1) is 0 Å². The first-order valence-corrected chi connectivity index (χ1v) is 10.1. The molecule has 150 valence electrons. The number of quaternary nitrogens is 1. The van der Waals surface area contributed by atoms with Gasteiger partial charge in [0.2, 0.25) is 0 Å². The molecule has 1 unspecified atom stereocenters. The summed E-state index contributed by atoms with van der Waals surface area (Å²) in [7, 11) is 3.55. The number of carbonyl (C=O) groups is 2. The van der Waals surface area contributed by atoms with E-state index in [0.29, 0.717) is 29.2 Å². The summed E-state index contributed by atoms with van der Waals surface area (Å²) in [6, 6.07) is 18.1. The Morgan fingerprint density at radius 2 is 1.76 bits per heavy atom. The van der Waals surface area contributed by atoms with E-state index in [-0.39, 0.29) is 11.8 Å². The molecule has 0 aliphatic heterocycles. The van der Waals surface area contributed by atoms with Crippen molar-refractivity contribution in [3.05, 3.63) is 76.5 Å². The summed E-state index contributed by atoms with van der Waals surface area (Å²) < 4.78 is 5.25. The van der Waals surface area contributed by atoms with Gasteiger partial charge in [-0.3, -0.25) is 9.59 Å². The van der Waals surface area contributed by atoms with E-state index < -0.39 is 0 Å². The number of nitrogens with one attached hydrogen (secondary N) is 3. The second-order valence-corrected chi connectivity index (χ2v) is 7.70. The average molecular weight is 411 g/mol. The summed E-state index contributed by atoms with van der Waals surface area (Å²) in [6.45, 7) is 1.18. The molecule has 0 spiro atoms. The zero-order valence-electron chi connectivity index (χ0n) is 16.4. The average Bonchev–Trinajstić information content (AvgIpc) is 3.21. The van der Waals surface area contributed by atoms with Gasteiger partial charge in [0.1, 0.15) is 12.3 Å². The smallest absolute Gasteiger partial charge is 0.279 e. The second-order valence-electron chi connectivity index (χ2n) is 6.67. The fourth-order valence-corrected chi connectivity index (χ4v) is 3.72. The Hall–Kier alpha value is -3.16. The topological polar surface area (TPSA) is 71.9 Å². The van der Waals surface area contributed by atoms with Crippen molar-refractivity contribution >= 4 is 34.5 Å². The summed E-state index contributed by atoms with van der Waals surface area (Å²) in [6.07, 6.45) is 0. The monoisotopic (exact) mass is 410 g/mol. The molecule has 1 atom stereocenters. The van der Waals surface area contributed by atoms with Crippen molar-refractivity contribution in [1.29, 1.82) is 0 Å². The lowest BCUT2D eigenvalue weighted by Gasteiger charge is -2.13. The minimum absolute atomic E-state index is 0.0646. The zero-order chi connectivity index (χ0) is 20.6. The molecule has 1 heterocycles. The van der Waals surface area contributed by atoms with Crippen LogP contribution in [0.3, 0.4) is 0 Å². The van der Waals surface area contributed by atoms with Crippen LogP contribution in [0.2, 0.25) is 0 Å². The fourth-order valence-electron chi connectivity index (χ4n) is 2.90. The standard InChI is InChI=1S/C22H23N3O3S/c1-25(14-18-6-5-13-29-18)15-21(26)23-17-11-9-16(10-12-17)22(27)24-19-7-3-4-8-20(19)28-2/h3-13H,14-15H2,1-2H3,(H,23,26)(H,24,27)/p+1. The van der Waals surface area contributed by atoms with E-state index in [1.165, 1.54) is 4.88 Å². The molecular formula is C22H24N3O3S+. The predicted molar refractivity (Wildman–Crippen MR) is 116 cm³/mol. The number of rotatable bonds is 8. The highest BCUT2D eigenvalue weighted by molar-refractivity contribution is 7.09. The highest BCUT2D eigenvalue weighted by Gasteiger charge is 2.13. The van der Waals surface area contributed by atoms with Gasteiger partial charge >= 0.3 is 0 Å². The minimum atomic E-state index is -0.243. The molecule has 0 saturated carbocycles. The van der Waals surface area contributed by atoms with E-state index in [1.807, 2.05) is 30.6 Å². The first kappa shape index (κ1) is 20.6. The third kappa shape index (κ3) is 5.91. The number of anilines is 2. The molecule has 6 nitrogen and oxygen atoms in total. The Bertz CT molecular complexity index is 956. The first-order chi connectivity index (χ1) is 14.0. The molecule has 0 saturated heterocycles. The Kier molecular flexibility index (Phi) is 6.99. The second kappa shape index (κ2) is 9.86. The summed E-state index contributed by atoms with van der Waals surface area (Å²) >= 11 is 1.69. The molecule has 0 aliphatic carbocycles. The molecule has 0 bridgehead atoms. The van der Waals surface area contributed by atoms with Crippen LogP contribution in [-0.2, 0) is 11.3 Å². The van der Waals surface area contributed by atoms with Gasteiger partial charge in [-0.05, 0) is 47.8 Å². The molecule has 0 fully saturated rings. The summed E-state index contributed by atoms with van der Waals surface area (Å²) in [5.41, 5.74) is 1.76. The number of amides is 2. The van der Waals surface area contributed by atoms with Gasteiger partial charge in [-0.15, -0.1) is 11.3 Å². The number of para-hydroxylation sites is 2. The van der Waals surface area contributed by atoms with Gasteiger partial charge in [-0.1, -0.05) is 18.2 Å². The quantitative estimate of drug-likeness (QED) is 0.535. The molecule has 3 N–H and O–H groups in total. The van der Waals surface area contributed by atoms with Crippen molar-refractivity contribution in [3.63, 3.8) is 0 Å². The molecule has 2 aromatic carbocycles. The number of benzene rings is 2. The van der Waals surface area contributed by atoms with E-state index in [0.717, 1.165) is 11.4 Å². The lowest BCUT2D eigenvalue weighted by atomic mass is 10.2. The van der Waals surface area contributed by atoms with Crippen LogP contribution in [0.25, 0.3) is 0 Å². The van der Waals surface area contributed by atoms with Crippen molar-refractivity contribution in [2.75, 3.05) is 31.3 Å². The van der Waals surface area contributed by atoms with E-state index in [1.54, 1.807) is 54.8 Å². The predicted octanol–water partition coefficient (Wildman–Crippen LogP) is 2.66. The molecule has 0 aliphatic rings. The maximum Gasteiger partial charge on any atom is 0.279 e. The molecular weight excluding hydrogens is 386 g/mol. The number of hydrogen-bond donors (Lipinski definition) is 3. The number of likely N-dealkylation sites (N-methyl/N-ethyl adjacent to an activating group) is 1. The number of hydrogen-bond acceptors (Lipinski definition) is 4. The van der Waals surface area contributed by atoms with Crippen molar-refractivity contribution in [2.24, 2.45) is 0 Å². The molecule has 2 amide bonds. The summed E-state index contributed by atoms with van der Waals surface area (Å²) in [4.78, 5) is 27.1. The number of thiophene rings is 1. The Labute approximate surface area is 174 Å². The van der Waals surface area contributed by atoms with E-state index in [9.17, 15) is 9.59 Å². The van der Waals surface area contributed by atoms with Crippen molar-refractivity contribution < 1.29 is 19.2 Å². The Balaban J connectivity index is 1.54. The van der Waals surface area contributed by atoms with Crippen LogP contribution >= 0.6 is 11.3 Å². The highest BCUT2D eigenvalue weighted by atomic mass is 32.1. The van der Waals surface area contributed by atoms with Gasteiger partial charge in [0.05, 0.1) is 24.7 Å². The normalized spacial score (nSPS) is 11.5. The lowest BCUT2D eigenvalue weighted by molar-refractivity contribution is -0.884. The number of ether oxygens (including phenoxy) is 1. The van der Waals surface area contributed by atoms with Gasteiger partial charge < -0.3 is 20.3 Å². The fraction of sp³-hybridized carbons (Fsp3) is 0.182. The van der Waals surface area contributed by atoms with E-state index in [2.05, 4.69) is 16.7 Å². The third-order valence-corrected chi connectivity index (χ3v) is 5.18. The van der Waals surface area contributed by atoms with Gasteiger partial charge in [0.25, 0.3) is 11.8 Å². The van der Waals surface area contributed by atoms with Gasteiger partial charge in [0, 0.05) is 11.3 Å². The Morgan fingerprint density at radius 3 is 2.45 bits per heavy atom. The van der Waals surface area contributed by atoms with Crippen LogP contribution in [0.1, 0.15) is 15.2 Å². The SMILES string of the molecule is COc1ccccc1NC(=O)c1ccc(NC(=O)C[NH+](C)Cc2cccs2)cc1. The largest absolute Gasteiger partial charge is 0.495 e. The van der Waals surface area contributed by atoms with Crippen molar-refractivity contribution in [2.45, 2.75) is 6.54 Å². The van der Waals surface area contributed by atoms with Crippen LogP contribution in [-0.4, -0.2) is 32.5 Å². The molecule has 0 radical (unpaired) electrons. The van der Waals surface area contributed by atoms with E-state index in [4.69, 9.17) is 4.74 Å². The number of methoxy groups -OCH3 is 1. The maximum atomic E-state index is 12.5. The zero-order valence-corrected chi connectivity index (χ0v) is 17.2. The van der Waals surface area contributed by atoms with Gasteiger partial charge in [-0.2, -0.15) is 0 Å². The summed E-state index contributed by atoms with van der Waals surface area (Å²) in [5, 5.41) is 7.75. The molecule has 3 rings (SSSR count). The van der Waals surface area contributed by atoms with Crippen molar-refractivity contribution in [1.82, 2.24) is 0 Å². The molecule has 7 heteroatoms. The van der Waals surface area contributed by atoms with E-state index >= 15 is 0 Å². The lowest BCUT2D eigenvalue weighted by Crippen LogP contribution is -3.08. The molecule has 3 aromatic rings. The van der Waals surface area contributed by atoms with Crippen LogP contribution in [0.5, 0.6) is 5.75 Å². The van der Waals surface area contributed by atoms with Gasteiger partial charge in [-0.25, -0.2) is 0 Å². The van der Waals surface area contributed by atoms with Crippen LogP contribution < -0.4 is 20.3 Å². The molecule has 1 aromatic heterocycles. The van der Waals surface area contributed by atoms with Crippen LogP contribution in [0.15, 0.2) is 66.0 Å². The minimum Gasteiger partial charge on any atom is -0.495 e. The molecule has 29 heavy (non-hydrogen) atoms. The highest BCUT2D eigenvalue weighted by Crippen LogP contribution is 2.23. The summed E-state index contributed by atoms with van der Waals surface area (Å²) in [5.74, 6) is 0.289. The van der Waals surface area contributed by atoms with Crippen LogP contribution in [0.4, 0.5) is 11.4 Å². The maximum absolute atomic E-state index is 12.5. The third-order valence-electron chi connectivity index (χ3n) is 4.30. The Morgan fingerprint density at radius 1 is 1.00 bits per heavy atom.